The molecule has 0 aliphatic heterocycles. The number of benzene rings is 1. The van der Waals surface area contributed by atoms with E-state index in [9.17, 15) is 13.2 Å². The van der Waals surface area contributed by atoms with Crippen molar-refractivity contribution in [3.05, 3.63) is 40.7 Å². The molecule has 0 saturated heterocycles. The summed E-state index contributed by atoms with van der Waals surface area (Å²) in [4.78, 5) is 3.19. The van der Waals surface area contributed by atoms with E-state index in [1.807, 2.05) is 0 Å². The van der Waals surface area contributed by atoms with Crippen molar-refractivity contribution in [2.45, 2.75) is 19.1 Å². The highest BCUT2D eigenvalue weighted by molar-refractivity contribution is 5.41. The van der Waals surface area contributed by atoms with Crippen LogP contribution in [0.15, 0.2) is 18.2 Å². The molecule has 1 rings (SSSR count). The van der Waals surface area contributed by atoms with Crippen LogP contribution in [0.1, 0.15) is 24.1 Å². The quantitative estimate of drug-likeness (QED) is 0.705. The lowest BCUT2D eigenvalue weighted by Crippen LogP contribution is -2.06. The summed E-state index contributed by atoms with van der Waals surface area (Å²) in [6, 6.07) is 2.48. The fraction of sp³-hybridized carbons (Fsp3) is 0.364. The molecule has 16 heavy (non-hydrogen) atoms. The molecule has 1 aromatic rings. The minimum absolute atomic E-state index is 0.257. The Kier molecular flexibility index (Phi) is 3.43. The highest BCUT2D eigenvalue weighted by Gasteiger charge is 2.32. The van der Waals surface area contributed by atoms with Gasteiger partial charge in [0.15, 0.2) is 0 Å². The number of nitrogens with zero attached hydrogens (tertiary/aromatic N) is 1. The summed E-state index contributed by atoms with van der Waals surface area (Å²) in [7, 11) is 1.36. The maximum atomic E-state index is 12.5. The maximum Gasteiger partial charge on any atom is 0.416 e. The van der Waals surface area contributed by atoms with E-state index in [2.05, 4.69) is 4.85 Å². The van der Waals surface area contributed by atoms with Crippen molar-refractivity contribution in [1.29, 1.82) is 0 Å². The zero-order chi connectivity index (χ0) is 12.3. The first-order valence-electron chi connectivity index (χ1n) is 4.52. The topological polar surface area (TPSA) is 13.6 Å². The lowest BCUT2D eigenvalue weighted by Gasteiger charge is -2.12. The molecular weight excluding hydrogens is 219 g/mol. The van der Waals surface area contributed by atoms with Gasteiger partial charge in [0.25, 0.3) is 0 Å². The molecule has 0 fully saturated rings. The monoisotopic (exact) mass is 229 g/mol. The maximum absolute atomic E-state index is 12.5. The van der Waals surface area contributed by atoms with Gasteiger partial charge in [-0.2, -0.15) is 13.2 Å². The van der Waals surface area contributed by atoms with Crippen LogP contribution in [0.4, 0.5) is 13.2 Å². The summed E-state index contributed by atoms with van der Waals surface area (Å²) in [5.74, 6) is 0.302. The van der Waals surface area contributed by atoms with E-state index in [1.54, 1.807) is 0 Å². The molecule has 0 N–H and O–H groups in total. The molecule has 2 nitrogen and oxygen atoms in total. The van der Waals surface area contributed by atoms with Crippen LogP contribution >= 0.6 is 0 Å². The van der Waals surface area contributed by atoms with Crippen LogP contribution in [0.25, 0.3) is 4.85 Å². The number of rotatable bonds is 2. The molecule has 86 valence electrons. The summed E-state index contributed by atoms with van der Waals surface area (Å²) >= 11 is 0. The van der Waals surface area contributed by atoms with Gasteiger partial charge in [-0.3, -0.25) is 0 Å². The normalized spacial score (nSPS) is 13.0. The van der Waals surface area contributed by atoms with Crippen molar-refractivity contribution in [3.63, 3.8) is 0 Å². The minimum atomic E-state index is -4.40. The van der Waals surface area contributed by atoms with E-state index in [4.69, 9.17) is 11.3 Å². The van der Waals surface area contributed by atoms with Gasteiger partial charge in [0.2, 0.25) is 6.04 Å². The molecule has 0 saturated carbocycles. The molecule has 1 atom stereocenters. The summed E-state index contributed by atoms with van der Waals surface area (Å²) in [5, 5.41) is 0. The zero-order valence-electron chi connectivity index (χ0n) is 8.80. The van der Waals surface area contributed by atoms with E-state index >= 15 is 0 Å². The van der Waals surface area contributed by atoms with Crippen molar-refractivity contribution in [2.75, 3.05) is 7.11 Å². The van der Waals surface area contributed by atoms with Gasteiger partial charge in [0.1, 0.15) is 5.75 Å². The van der Waals surface area contributed by atoms with Crippen LogP contribution in [-0.4, -0.2) is 7.11 Å². The van der Waals surface area contributed by atoms with E-state index < -0.39 is 17.8 Å². The van der Waals surface area contributed by atoms with Crippen LogP contribution in [0, 0.1) is 6.57 Å². The third kappa shape index (κ3) is 2.45. The van der Waals surface area contributed by atoms with E-state index in [1.165, 1.54) is 20.1 Å². The third-order valence-corrected chi connectivity index (χ3v) is 2.20. The molecular formula is C11H10F3NO. The van der Waals surface area contributed by atoms with Crippen molar-refractivity contribution in [2.24, 2.45) is 0 Å². The third-order valence-electron chi connectivity index (χ3n) is 2.20. The van der Waals surface area contributed by atoms with Gasteiger partial charge in [-0.25, -0.2) is 6.57 Å². The molecule has 0 amide bonds. The molecule has 0 heterocycles. The van der Waals surface area contributed by atoms with Gasteiger partial charge >= 0.3 is 6.18 Å². The fourth-order valence-electron chi connectivity index (χ4n) is 1.31. The first-order valence-corrected chi connectivity index (χ1v) is 4.52. The van der Waals surface area contributed by atoms with Crippen molar-refractivity contribution >= 4 is 0 Å². The zero-order valence-corrected chi connectivity index (χ0v) is 8.80. The number of hydrogen-bond donors (Lipinski definition) is 0. The van der Waals surface area contributed by atoms with Crippen LogP contribution in [0.3, 0.4) is 0 Å². The first kappa shape index (κ1) is 12.4. The number of methoxy groups -OCH3 is 1. The fourth-order valence-corrected chi connectivity index (χ4v) is 1.31. The molecule has 1 unspecified atom stereocenters. The number of alkyl halides is 3. The number of halogens is 3. The number of hydrogen-bond acceptors (Lipinski definition) is 1. The lowest BCUT2D eigenvalue weighted by molar-refractivity contribution is -0.137. The highest BCUT2D eigenvalue weighted by Crippen LogP contribution is 2.35. The molecule has 1 aromatic carbocycles. The van der Waals surface area contributed by atoms with Crippen LogP contribution in [-0.2, 0) is 6.18 Å². The van der Waals surface area contributed by atoms with Gasteiger partial charge in [-0.05, 0) is 18.2 Å². The second-order valence-corrected chi connectivity index (χ2v) is 3.26. The van der Waals surface area contributed by atoms with Gasteiger partial charge in [0.05, 0.1) is 18.2 Å². The SMILES string of the molecule is [C-]#[N+]C(C)c1cc(C(F)(F)F)ccc1OC. The van der Waals surface area contributed by atoms with Crippen molar-refractivity contribution in [3.8, 4) is 5.75 Å². The number of ether oxygens (including phenoxy) is 1. The Morgan fingerprint density at radius 2 is 2.00 bits per heavy atom. The molecule has 0 spiro atoms. The first-order chi connectivity index (χ1) is 7.40. The highest BCUT2D eigenvalue weighted by atomic mass is 19.4. The molecule has 5 heteroatoms. The Morgan fingerprint density at radius 3 is 2.44 bits per heavy atom. The lowest BCUT2D eigenvalue weighted by atomic mass is 10.0. The van der Waals surface area contributed by atoms with E-state index in [0.29, 0.717) is 5.75 Å². The summed E-state index contributed by atoms with van der Waals surface area (Å²) < 4.78 is 42.3. The predicted molar refractivity (Wildman–Crippen MR) is 53.0 cm³/mol. The van der Waals surface area contributed by atoms with Crippen molar-refractivity contribution in [1.82, 2.24) is 0 Å². The van der Waals surface area contributed by atoms with Crippen LogP contribution in [0.2, 0.25) is 0 Å². The van der Waals surface area contributed by atoms with Crippen LogP contribution in [0.5, 0.6) is 5.75 Å². The average Bonchev–Trinajstić information content (AvgIpc) is 2.25. The second-order valence-electron chi connectivity index (χ2n) is 3.26. The standard InChI is InChI=1S/C11H10F3NO/c1-7(15-2)9-6-8(11(12,13)14)4-5-10(9)16-3/h4-7H,1,3H3. The Hall–Kier alpha value is -1.70. The molecule has 0 aliphatic rings. The summed E-state index contributed by atoms with van der Waals surface area (Å²) in [6.07, 6.45) is -4.40. The smallest absolute Gasteiger partial charge is 0.416 e. The second kappa shape index (κ2) is 4.44. The largest absolute Gasteiger partial charge is 0.496 e. The van der Waals surface area contributed by atoms with Gasteiger partial charge in [0, 0.05) is 6.92 Å². The predicted octanol–water partition coefficient (Wildman–Crippen LogP) is 3.69. The van der Waals surface area contributed by atoms with Crippen molar-refractivity contribution < 1.29 is 17.9 Å². The summed E-state index contributed by atoms with van der Waals surface area (Å²) in [5.41, 5.74) is -0.508. The van der Waals surface area contributed by atoms with E-state index in [0.717, 1.165) is 12.1 Å². The van der Waals surface area contributed by atoms with Gasteiger partial charge < -0.3 is 9.58 Å². The Labute approximate surface area is 91.5 Å². The Morgan fingerprint density at radius 1 is 1.38 bits per heavy atom. The summed E-state index contributed by atoms with van der Waals surface area (Å²) in [6.45, 7) is 8.37. The average molecular weight is 229 g/mol. The molecule has 0 aromatic heterocycles. The Balaban J connectivity index is 3.28. The van der Waals surface area contributed by atoms with Gasteiger partial charge in [-0.15, -0.1) is 0 Å². The van der Waals surface area contributed by atoms with Gasteiger partial charge in [-0.1, -0.05) is 0 Å². The minimum Gasteiger partial charge on any atom is -0.496 e. The Bertz CT molecular complexity index is 420. The molecule has 0 aliphatic carbocycles. The molecule has 0 radical (unpaired) electrons. The van der Waals surface area contributed by atoms with E-state index in [-0.39, 0.29) is 5.56 Å². The molecule has 0 bridgehead atoms. The van der Waals surface area contributed by atoms with Crippen LogP contribution < -0.4 is 4.74 Å².